The highest BCUT2D eigenvalue weighted by Crippen LogP contribution is 2.46. The quantitative estimate of drug-likeness (QED) is 0.799. The molecule has 3 heteroatoms. The first-order valence-corrected chi connectivity index (χ1v) is 6.64. The van der Waals surface area contributed by atoms with E-state index in [1.807, 2.05) is 12.1 Å². The molecule has 1 fully saturated rings. The molecule has 1 aromatic rings. The molecule has 0 bridgehead atoms. The van der Waals surface area contributed by atoms with Crippen LogP contribution in [0.1, 0.15) is 17.9 Å². The van der Waals surface area contributed by atoms with E-state index in [9.17, 15) is 0 Å². The highest BCUT2D eigenvalue weighted by Gasteiger charge is 2.37. The number of likely N-dealkylation sites (tertiary alicyclic amines) is 1. The van der Waals surface area contributed by atoms with Crippen molar-refractivity contribution in [2.45, 2.75) is 12.3 Å². The van der Waals surface area contributed by atoms with Gasteiger partial charge in [0.25, 0.3) is 0 Å². The molecule has 1 radical (unpaired) electrons. The largest absolute Gasteiger partial charge is 0.496 e. The topological polar surface area (TPSA) is 21.7 Å². The van der Waals surface area contributed by atoms with E-state index in [1.165, 1.54) is 12.0 Å². The highest BCUT2D eigenvalue weighted by atomic mass is 16.5. The number of hydrogen-bond donors (Lipinski definition) is 0. The first-order chi connectivity index (χ1) is 8.83. The summed E-state index contributed by atoms with van der Waals surface area (Å²) in [6.07, 6.45) is 1.18. The van der Waals surface area contributed by atoms with Crippen molar-refractivity contribution in [2.24, 2.45) is 5.92 Å². The van der Waals surface area contributed by atoms with Crippen LogP contribution in [0.3, 0.4) is 0 Å². The van der Waals surface area contributed by atoms with Crippen molar-refractivity contribution in [3.05, 3.63) is 30.7 Å². The van der Waals surface area contributed by atoms with Gasteiger partial charge in [-0.1, -0.05) is 6.07 Å². The summed E-state index contributed by atoms with van der Waals surface area (Å²) < 4.78 is 11.4. The molecule has 0 spiro atoms. The monoisotopic (exact) mass is 246 g/mol. The molecule has 0 unspecified atom stereocenters. The molecule has 2 aliphatic heterocycles. The van der Waals surface area contributed by atoms with E-state index < -0.39 is 0 Å². The van der Waals surface area contributed by atoms with Crippen LogP contribution in [0.5, 0.6) is 11.5 Å². The lowest BCUT2D eigenvalue weighted by molar-refractivity contribution is 0.0982. The molecule has 0 aliphatic carbocycles. The number of rotatable bonds is 2. The molecule has 3 nitrogen and oxygen atoms in total. The molecular weight excluding hydrogens is 226 g/mol. The lowest BCUT2D eigenvalue weighted by Gasteiger charge is -2.42. The minimum Gasteiger partial charge on any atom is -0.496 e. The lowest BCUT2D eigenvalue weighted by atomic mass is 9.78. The Bertz CT molecular complexity index is 418. The molecule has 0 aromatic heterocycles. The number of fused-ring (bicyclic) bond motifs is 3. The molecule has 2 atom stereocenters. The average Bonchev–Trinajstić information content (AvgIpc) is 2.45. The van der Waals surface area contributed by atoms with E-state index in [0.717, 1.165) is 37.7 Å². The second-order valence-electron chi connectivity index (χ2n) is 5.14. The third-order valence-corrected chi connectivity index (χ3v) is 4.20. The SMILES string of the molecule is [CH2]CN1CC[C@@H]2c3c(OC)cccc3OC[C@H]2C1. The van der Waals surface area contributed by atoms with Crippen molar-refractivity contribution < 1.29 is 9.47 Å². The summed E-state index contributed by atoms with van der Waals surface area (Å²) in [5.41, 5.74) is 1.28. The predicted molar refractivity (Wildman–Crippen MR) is 71.1 cm³/mol. The van der Waals surface area contributed by atoms with Gasteiger partial charge < -0.3 is 14.4 Å². The third kappa shape index (κ3) is 1.87. The molecule has 3 rings (SSSR count). The van der Waals surface area contributed by atoms with Crippen LogP contribution in [0, 0.1) is 12.8 Å². The summed E-state index contributed by atoms with van der Waals surface area (Å²) >= 11 is 0. The zero-order valence-corrected chi connectivity index (χ0v) is 10.9. The van der Waals surface area contributed by atoms with Gasteiger partial charge in [0.05, 0.1) is 13.7 Å². The van der Waals surface area contributed by atoms with E-state index >= 15 is 0 Å². The van der Waals surface area contributed by atoms with Gasteiger partial charge in [0.1, 0.15) is 11.5 Å². The Morgan fingerprint density at radius 2 is 2.39 bits per heavy atom. The Morgan fingerprint density at radius 1 is 1.50 bits per heavy atom. The average molecular weight is 246 g/mol. The molecule has 2 aliphatic rings. The highest BCUT2D eigenvalue weighted by molar-refractivity contribution is 5.49. The molecule has 0 saturated carbocycles. The Balaban J connectivity index is 1.93. The van der Waals surface area contributed by atoms with Crippen molar-refractivity contribution in [1.82, 2.24) is 4.90 Å². The van der Waals surface area contributed by atoms with Crippen molar-refractivity contribution in [1.29, 1.82) is 0 Å². The Labute approximate surface area is 109 Å². The molecule has 0 N–H and O–H groups in total. The van der Waals surface area contributed by atoms with Gasteiger partial charge in [-0.3, -0.25) is 0 Å². The van der Waals surface area contributed by atoms with Gasteiger partial charge in [-0.15, -0.1) is 0 Å². The summed E-state index contributed by atoms with van der Waals surface area (Å²) in [6, 6.07) is 6.10. The summed E-state index contributed by atoms with van der Waals surface area (Å²) in [5.74, 6) is 3.14. The minimum atomic E-state index is 0.573. The van der Waals surface area contributed by atoms with Gasteiger partial charge in [0.15, 0.2) is 0 Å². The molecule has 97 valence electrons. The fraction of sp³-hybridized carbons (Fsp3) is 0.533. The smallest absolute Gasteiger partial charge is 0.126 e. The number of ether oxygens (including phenoxy) is 2. The van der Waals surface area contributed by atoms with Crippen molar-refractivity contribution in [3.8, 4) is 11.5 Å². The molecule has 18 heavy (non-hydrogen) atoms. The van der Waals surface area contributed by atoms with Gasteiger partial charge in [-0.25, -0.2) is 0 Å². The summed E-state index contributed by atoms with van der Waals surface area (Å²) in [4.78, 5) is 2.41. The maximum Gasteiger partial charge on any atom is 0.126 e. The normalized spacial score (nSPS) is 27.0. The van der Waals surface area contributed by atoms with Crippen LogP contribution in [-0.2, 0) is 0 Å². The van der Waals surface area contributed by atoms with E-state index in [4.69, 9.17) is 9.47 Å². The van der Waals surface area contributed by atoms with Gasteiger partial charge in [0, 0.05) is 18.0 Å². The van der Waals surface area contributed by atoms with E-state index in [-0.39, 0.29) is 0 Å². The van der Waals surface area contributed by atoms with E-state index in [0.29, 0.717) is 11.8 Å². The maximum atomic E-state index is 5.90. The van der Waals surface area contributed by atoms with E-state index in [1.54, 1.807) is 7.11 Å². The fourth-order valence-corrected chi connectivity index (χ4v) is 3.25. The van der Waals surface area contributed by atoms with Gasteiger partial charge in [-0.05, 0) is 44.5 Å². The van der Waals surface area contributed by atoms with Crippen LogP contribution >= 0.6 is 0 Å². The molecule has 1 saturated heterocycles. The van der Waals surface area contributed by atoms with Crippen molar-refractivity contribution in [3.63, 3.8) is 0 Å². The van der Waals surface area contributed by atoms with Gasteiger partial charge in [-0.2, -0.15) is 0 Å². The Kier molecular flexibility index (Phi) is 3.16. The van der Waals surface area contributed by atoms with Gasteiger partial charge in [0.2, 0.25) is 0 Å². The second kappa shape index (κ2) is 4.81. The third-order valence-electron chi connectivity index (χ3n) is 4.20. The first-order valence-electron chi connectivity index (χ1n) is 6.64. The van der Waals surface area contributed by atoms with Crippen LogP contribution < -0.4 is 9.47 Å². The van der Waals surface area contributed by atoms with E-state index in [2.05, 4.69) is 17.9 Å². The zero-order chi connectivity index (χ0) is 12.5. The van der Waals surface area contributed by atoms with Crippen LogP contribution in [0.4, 0.5) is 0 Å². The first kappa shape index (κ1) is 11.8. The van der Waals surface area contributed by atoms with Crippen LogP contribution in [0.25, 0.3) is 0 Å². The molecule has 1 aromatic carbocycles. The number of nitrogens with zero attached hydrogens (tertiary/aromatic N) is 1. The van der Waals surface area contributed by atoms with Crippen LogP contribution in [0.15, 0.2) is 18.2 Å². The van der Waals surface area contributed by atoms with Crippen molar-refractivity contribution in [2.75, 3.05) is 33.4 Å². The summed E-state index contributed by atoms with van der Waals surface area (Å²) in [5, 5.41) is 0. The van der Waals surface area contributed by atoms with Crippen LogP contribution in [0.2, 0.25) is 0 Å². The molecule has 2 heterocycles. The van der Waals surface area contributed by atoms with Crippen LogP contribution in [-0.4, -0.2) is 38.3 Å². The standard InChI is InChI=1S/C15H20NO2/c1-3-16-8-7-12-11(9-16)10-18-14-6-4-5-13(17-2)15(12)14/h4-6,11-12H,1,3,7-10H2,2H3/t11-,12+/m1/s1. The lowest BCUT2D eigenvalue weighted by Crippen LogP contribution is -2.43. The zero-order valence-electron chi connectivity index (χ0n) is 10.9. The number of hydrogen-bond acceptors (Lipinski definition) is 3. The maximum absolute atomic E-state index is 5.90. The predicted octanol–water partition coefficient (Wildman–Crippen LogP) is 2.33. The summed E-state index contributed by atoms with van der Waals surface area (Å²) in [6.45, 7) is 7.91. The Morgan fingerprint density at radius 3 is 3.17 bits per heavy atom. The molecule has 0 amide bonds. The molecular formula is C15H20NO2. The fourth-order valence-electron chi connectivity index (χ4n) is 3.25. The van der Waals surface area contributed by atoms with Crippen molar-refractivity contribution >= 4 is 0 Å². The number of benzene rings is 1. The Hall–Kier alpha value is -1.22. The number of piperidine rings is 1. The number of methoxy groups -OCH3 is 1. The van der Waals surface area contributed by atoms with Gasteiger partial charge >= 0.3 is 0 Å². The second-order valence-corrected chi connectivity index (χ2v) is 5.14. The summed E-state index contributed by atoms with van der Waals surface area (Å²) in [7, 11) is 1.74. The minimum absolute atomic E-state index is 0.573.